The van der Waals surface area contributed by atoms with E-state index in [9.17, 15) is 14.4 Å². The molecule has 2 aromatic rings. The smallest absolute Gasteiger partial charge is 0.264 e. The fourth-order valence-corrected chi connectivity index (χ4v) is 3.07. The van der Waals surface area contributed by atoms with Crippen LogP contribution < -0.4 is 27.5 Å². The van der Waals surface area contributed by atoms with E-state index >= 15 is 0 Å². The maximum Gasteiger partial charge on any atom is 0.264 e. The Kier molecular flexibility index (Phi) is 3.50. The first-order chi connectivity index (χ1) is 10.8. The van der Waals surface area contributed by atoms with Gasteiger partial charge in [0, 0.05) is 12.1 Å². The van der Waals surface area contributed by atoms with Crippen LogP contribution in [0, 0.1) is 6.92 Å². The van der Waals surface area contributed by atoms with Crippen molar-refractivity contribution >= 4 is 55.0 Å². The van der Waals surface area contributed by atoms with Crippen LogP contribution in [0.5, 0.6) is 0 Å². The number of imide groups is 1. The van der Waals surface area contributed by atoms with Gasteiger partial charge in [0.25, 0.3) is 5.56 Å². The van der Waals surface area contributed by atoms with Crippen molar-refractivity contribution in [2.75, 3.05) is 5.73 Å². The lowest BCUT2D eigenvalue weighted by Gasteiger charge is -2.25. The van der Waals surface area contributed by atoms with E-state index in [-0.39, 0.29) is 24.3 Å². The third-order valence-corrected chi connectivity index (χ3v) is 4.42. The van der Waals surface area contributed by atoms with Crippen molar-refractivity contribution in [3.05, 3.63) is 22.2 Å². The van der Waals surface area contributed by atoms with Crippen LogP contribution in [-0.2, 0) is 9.59 Å². The van der Waals surface area contributed by atoms with Gasteiger partial charge in [-0.2, -0.15) is 0 Å². The van der Waals surface area contributed by atoms with E-state index in [4.69, 9.17) is 5.73 Å². The normalized spacial score (nSPS) is 18.2. The second-order valence-electron chi connectivity index (χ2n) is 5.93. The molecule has 1 fully saturated rings. The van der Waals surface area contributed by atoms with Gasteiger partial charge < -0.3 is 5.73 Å². The number of carbonyl (C=O) groups is 2. The summed E-state index contributed by atoms with van der Waals surface area (Å²) in [5.74, 6) is -0.364. The second-order valence-corrected chi connectivity index (χ2v) is 5.93. The van der Waals surface area contributed by atoms with Crippen LogP contribution in [0.2, 0.25) is 0 Å². The number of nitrogens with two attached hydrogens (primary N) is 1. The monoisotopic (exact) mass is 310 g/mol. The third kappa shape index (κ3) is 2.32. The maximum absolute atomic E-state index is 12.9. The van der Waals surface area contributed by atoms with Crippen LogP contribution in [-0.4, -0.2) is 37.1 Å². The Morgan fingerprint density at radius 3 is 2.70 bits per heavy atom. The summed E-state index contributed by atoms with van der Waals surface area (Å²) < 4.78 is 1.34. The van der Waals surface area contributed by atoms with Gasteiger partial charge in [0.2, 0.25) is 11.8 Å². The van der Waals surface area contributed by atoms with E-state index in [1.165, 1.54) is 4.57 Å². The number of carbonyl (C=O) groups excluding carboxylic acids is 2. The zero-order valence-corrected chi connectivity index (χ0v) is 13.3. The number of aromatic nitrogens is 2. The Labute approximate surface area is 134 Å². The summed E-state index contributed by atoms with van der Waals surface area (Å²) in [7, 11) is 3.80. The number of piperidine rings is 1. The Morgan fingerprint density at radius 2 is 2.04 bits per heavy atom. The minimum absolute atomic E-state index is 0.197. The van der Waals surface area contributed by atoms with Crippen LogP contribution in [0.1, 0.15) is 24.7 Å². The number of amides is 2. The molecule has 9 heteroatoms. The summed E-state index contributed by atoms with van der Waals surface area (Å²) in [6.45, 7) is 1.68. The van der Waals surface area contributed by atoms with E-state index in [1.807, 2.05) is 15.7 Å². The number of hydrogen-bond donors (Lipinski definition) is 2. The molecule has 116 valence electrons. The molecule has 1 unspecified atom stereocenters. The number of fused-ring (bicyclic) bond motifs is 1. The van der Waals surface area contributed by atoms with Gasteiger partial charge in [-0.25, -0.2) is 4.98 Å². The molecule has 1 aliphatic heterocycles. The van der Waals surface area contributed by atoms with E-state index in [2.05, 4.69) is 10.3 Å². The molecule has 3 rings (SSSR count). The predicted octanol–water partition coefficient (Wildman–Crippen LogP) is -3.22. The number of benzene rings is 1. The molecule has 0 spiro atoms. The van der Waals surface area contributed by atoms with Crippen LogP contribution in [0.3, 0.4) is 0 Å². The molecule has 0 saturated carbocycles. The number of nitrogen functional groups attached to an aromatic ring is 1. The number of hydrogen-bond acceptors (Lipinski definition) is 5. The average Bonchev–Trinajstić information content (AvgIpc) is 2.46. The molecular formula is C14H16B2N4O3. The highest BCUT2D eigenvalue weighted by atomic mass is 16.2. The van der Waals surface area contributed by atoms with E-state index < -0.39 is 11.9 Å². The summed E-state index contributed by atoms with van der Waals surface area (Å²) in [6, 6.07) is 1.00. The van der Waals surface area contributed by atoms with E-state index in [1.54, 1.807) is 13.0 Å². The van der Waals surface area contributed by atoms with Gasteiger partial charge in [-0.05, 0) is 19.4 Å². The Morgan fingerprint density at radius 1 is 1.35 bits per heavy atom. The van der Waals surface area contributed by atoms with Crippen LogP contribution in [0.25, 0.3) is 10.9 Å². The third-order valence-electron chi connectivity index (χ3n) is 4.42. The molecule has 2 heterocycles. The fraction of sp³-hybridized carbons (Fsp3) is 0.286. The highest BCUT2D eigenvalue weighted by Gasteiger charge is 2.30. The molecule has 0 bridgehead atoms. The van der Waals surface area contributed by atoms with Crippen LogP contribution in [0.15, 0.2) is 10.9 Å². The molecule has 1 aliphatic rings. The summed E-state index contributed by atoms with van der Waals surface area (Å²) in [6.07, 6.45) is 0.478. The van der Waals surface area contributed by atoms with E-state index in [0.717, 1.165) is 10.9 Å². The minimum Gasteiger partial charge on any atom is -0.398 e. The standard InChI is InChI=1S/C14H16B2N4O3/c1-5-18-12-10(7(17)4-6(15)11(12)16)14(23)20(5)8-2-3-9(21)19-13(8)22/h4,8H,2-3,15-17H2,1H3,(H,19,21,22). The second kappa shape index (κ2) is 5.26. The van der Waals surface area contributed by atoms with E-state index in [0.29, 0.717) is 22.4 Å². The van der Waals surface area contributed by atoms with Crippen molar-refractivity contribution in [1.82, 2.24) is 14.9 Å². The number of anilines is 1. The van der Waals surface area contributed by atoms with Gasteiger partial charge in [0.05, 0.1) is 10.9 Å². The first kappa shape index (κ1) is 15.3. The molecule has 1 atom stereocenters. The zero-order chi connectivity index (χ0) is 16.9. The molecule has 23 heavy (non-hydrogen) atoms. The van der Waals surface area contributed by atoms with Gasteiger partial charge >= 0.3 is 0 Å². The summed E-state index contributed by atoms with van der Waals surface area (Å²) in [4.78, 5) is 40.9. The van der Waals surface area contributed by atoms with Gasteiger partial charge in [0.1, 0.15) is 27.6 Å². The fourth-order valence-electron chi connectivity index (χ4n) is 3.07. The minimum atomic E-state index is -0.738. The van der Waals surface area contributed by atoms with Crippen molar-refractivity contribution < 1.29 is 9.59 Å². The van der Waals surface area contributed by atoms with Crippen molar-refractivity contribution in [3.63, 3.8) is 0 Å². The highest BCUT2D eigenvalue weighted by molar-refractivity contribution is 6.52. The lowest BCUT2D eigenvalue weighted by molar-refractivity contribution is -0.135. The SMILES string of the molecule is Bc1cc(N)c2c(=O)n(C3CCC(=O)NC3=O)c(C)nc2c1B. The molecular weight excluding hydrogens is 294 g/mol. The Balaban J connectivity index is 2.30. The first-order valence-corrected chi connectivity index (χ1v) is 7.43. The Bertz CT molecular complexity index is 923. The van der Waals surface area contributed by atoms with Gasteiger partial charge in [-0.3, -0.25) is 24.3 Å². The number of rotatable bonds is 1. The number of nitrogens with zero attached hydrogens (tertiary/aromatic N) is 2. The van der Waals surface area contributed by atoms with Gasteiger partial charge in [-0.15, -0.1) is 0 Å². The molecule has 2 amide bonds. The van der Waals surface area contributed by atoms with Crippen LogP contribution in [0.4, 0.5) is 5.69 Å². The van der Waals surface area contributed by atoms with Crippen molar-refractivity contribution in [2.24, 2.45) is 0 Å². The lowest BCUT2D eigenvalue weighted by Crippen LogP contribution is -2.45. The molecule has 0 aliphatic carbocycles. The molecule has 1 aromatic carbocycles. The first-order valence-electron chi connectivity index (χ1n) is 7.43. The van der Waals surface area contributed by atoms with Gasteiger partial charge in [-0.1, -0.05) is 10.9 Å². The molecule has 1 saturated heterocycles. The van der Waals surface area contributed by atoms with Crippen molar-refractivity contribution in [1.29, 1.82) is 0 Å². The zero-order valence-electron chi connectivity index (χ0n) is 13.3. The Hall–Kier alpha value is -2.57. The topological polar surface area (TPSA) is 107 Å². The summed E-state index contributed by atoms with van der Waals surface area (Å²) in [5, 5.41) is 2.59. The molecule has 3 N–H and O–H groups in total. The average molecular weight is 310 g/mol. The molecule has 1 aromatic heterocycles. The maximum atomic E-state index is 12.9. The predicted molar refractivity (Wildman–Crippen MR) is 92.9 cm³/mol. The van der Waals surface area contributed by atoms with Gasteiger partial charge in [0.15, 0.2) is 0 Å². The summed E-state index contributed by atoms with van der Waals surface area (Å²) >= 11 is 0. The molecule has 7 nitrogen and oxygen atoms in total. The number of nitrogens with one attached hydrogen (secondary N) is 1. The number of aryl methyl sites for hydroxylation is 1. The summed E-state index contributed by atoms with van der Waals surface area (Å²) in [5.41, 5.74) is 8.44. The molecule has 0 radical (unpaired) electrons. The quantitative estimate of drug-likeness (QED) is 0.327. The largest absolute Gasteiger partial charge is 0.398 e. The van der Waals surface area contributed by atoms with Crippen molar-refractivity contribution in [3.8, 4) is 0 Å². The highest BCUT2D eigenvalue weighted by Crippen LogP contribution is 2.20. The lowest BCUT2D eigenvalue weighted by atomic mass is 9.79. The van der Waals surface area contributed by atoms with Crippen molar-refractivity contribution in [2.45, 2.75) is 25.8 Å². The van der Waals surface area contributed by atoms with Crippen LogP contribution >= 0.6 is 0 Å².